The first-order valence-corrected chi connectivity index (χ1v) is 17.7. The maximum Gasteiger partial charge on any atom is 0.471 e. The van der Waals surface area contributed by atoms with Gasteiger partial charge in [0.15, 0.2) is 12.5 Å². The number of rotatable bonds is 10. The molecule has 2 saturated heterocycles. The molecule has 268 valence electrons. The Bertz CT molecular complexity index is 1830. The van der Waals surface area contributed by atoms with Crippen LogP contribution in [0.2, 0.25) is 0 Å². The summed E-state index contributed by atoms with van der Waals surface area (Å²) >= 11 is 1.41. The van der Waals surface area contributed by atoms with E-state index >= 15 is 0 Å². The van der Waals surface area contributed by atoms with Gasteiger partial charge >= 0.3 is 12.1 Å². The van der Waals surface area contributed by atoms with E-state index in [1.165, 1.54) is 18.0 Å². The minimum Gasteiger partial charge on any atom is -0.618 e. The van der Waals surface area contributed by atoms with Crippen molar-refractivity contribution in [3.05, 3.63) is 125 Å². The van der Waals surface area contributed by atoms with Crippen molar-refractivity contribution in [2.75, 3.05) is 12.3 Å². The molecule has 0 spiro atoms. The van der Waals surface area contributed by atoms with Crippen molar-refractivity contribution >= 4 is 23.6 Å². The number of aliphatic hydroxyl groups excluding tert-OH is 1. The van der Waals surface area contributed by atoms with Gasteiger partial charge in [0.1, 0.15) is 6.04 Å². The fraction of sp³-hybridized carbons (Fsp3) is 0.342. The van der Waals surface area contributed by atoms with E-state index in [-0.39, 0.29) is 44.2 Å². The van der Waals surface area contributed by atoms with Gasteiger partial charge in [-0.15, -0.1) is 0 Å². The highest BCUT2D eigenvalue weighted by Crippen LogP contribution is 2.43. The van der Waals surface area contributed by atoms with E-state index in [2.05, 4.69) is 12.2 Å². The molecule has 1 aromatic heterocycles. The predicted octanol–water partition coefficient (Wildman–Crippen LogP) is 6.23. The number of pyridine rings is 1. The van der Waals surface area contributed by atoms with Crippen LogP contribution in [-0.4, -0.2) is 52.4 Å². The number of aromatic nitrogens is 1. The van der Waals surface area contributed by atoms with Gasteiger partial charge in [-0.05, 0) is 46.7 Å². The van der Waals surface area contributed by atoms with Crippen LogP contribution in [0.4, 0.5) is 13.2 Å². The number of ether oxygens (including phenoxy) is 2. The number of hydrogen-bond acceptors (Lipinski definition) is 7. The zero-order chi connectivity index (χ0) is 36.1. The predicted molar refractivity (Wildman–Crippen MR) is 184 cm³/mol. The molecule has 0 radical (unpaired) electrons. The Morgan fingerprint density at radius 3 is 2.39 bits per heavy atom. The Labute approximate surface area is 298 Å². The molecule has 13 heteroatoms. The topological polar surface area (TPSA) is 115 Å². The number of alkyl halides is 3. The number of amides is 2. The van der Waals surface area contributed by atoms with Crippen LogP contribution in [0, 0.1) is 11.1 Å². The number of benzene rings is 3. The fourth-order valence-electron chi connectivity index (χ4n) is 6.52. The molecule has 2 amide bonds. The maximum absolute atomic E-state index is 13.1. The van der Waals surface area contributed by atoms with Crippen molar-refractivity contribution < 1.29 is 42.1 Å². The number of carbonyl (C=O) groups excluding carboxylic acids is 2. The van der Waals surface area contributed by atoms with Gasteiger partial charge in [-0.1, -0.05) is 91.5 Å². The molecule has 4 aromatic rings. The molecule has 0 bridgehead atoms. The first-order chi connectivity index (χ1) is 24.5. The van der Waals surface area contributed by atoms with Crippen LogP contribution in [0.15, 0.2) is 102 Å². The van der Waals surface area contributed by atoms with Crippen molar-refractivity contribution in [1.82, 2.24) is 10.2 Å². The van der Waals surface area contributed by atoms with Crippen LogP contribution < -0.4 is 10.0 Å². The fourth-order valence-corrected chi connectivity index (χ4v) is 7.60. The highest BCUT2D eigenvalue weighted by Gasteiger charge is 2.47. The summed E-state index contributed by atoms with van der Waals surface area (Å²) in [5, 5.41) is 25.2. The lowest BCUT2D eigenvalue weighted by atomic mass is 9.91. The number of halogens is 3. The molecule has 6 rings (SSSR count). The molecule has 2 aliphatic heterocycles. The van der Waals surface area contributed by atoms with Crippen LogP contribution in [0.1, 0.15) is 54.4 Å². The quantitative estimate of drug-likeness (QED) is 0.113. The van der Waals surface area contributed by atoms with Crippen LogP contribution in [0.3, 0.4) is 0 Å². The summed E-state index contributed by atoms with van der Waals surface area (Å²) in [6, 6.07) is 26.8. The highest BCUT2D eigenvalue weighted by molar-refractivity contribution is 7.99. The van der Waals surface area contributed by atoms with Gasteiger partial charge in [0.25, 0.3) is 5.03 Å². The van der Waals surface area contributed by atoms with Crippen molar-refractivity contribution in [2.24, 2.45) is 5.92 Å². The average Bonchev–Trinajstić information content (AvgIpc) is 3.64. The third kappa shape index (κ3) is 8.39. The molecular weight excluding hydrogens is 683 g/mol. The van der Waals surface area contributed by atoms with Crippen molar-refractivity contribution in [1.29, 1.82) is 0 Å². The van der Waals surface area contributed by atoms with Gasteiger partial charge in [-0.2, -0.15) is 17.9 Å². The molecule has 0 unspecified atom stereocenters. The maximum atomic E-state index is 13.1. The van der Waals surface area contributed by atoms with Crippen molar-refractivity contribution in [3.63, 3.8) is 0 Å². The number of aliphatic hydroxyl groups is 1. The third-order valence-corrected chi connectivity index (χ3v) is 10.4. The minimum absolute atomic E-state index is 0.0644. The van der Waals surface area contributed by atoms with E-state index < -0.39 is 30.3 Å². The number of nitrogens with zero attached hydrogens (tertiary/aromatic N) is 2. The second kappa shape index (κ2) is 15.9. The molecule has 2 aliphatic rings. The van der Waals surface area contributed by atoms with E-state index in [0.29, 0.717) is 22.1 Å². The summed E-state index contributed by atoms with van der Waals surface area (Å²) in [5.74, 6) is -2.18. The van der Waals surface area contributed by atoms with Crippen LogP contribution >= 0.6 is 11.8 Å². The zero-order valence-corrected chi connectivity index (χ0v) is 28.6. The van der Waals surface area contributed by atoms with Gasteiger partial charge in [-0.3, -0.25) is 9.59 Å². The zero-order valence-electron chi connectivity index (χ0n) is 27.8. The van der Waals surface area contributed by atoms with Gasteiger partial charge in [-0.25, -0.2) is 0 Å². The summed E-state index contributed by atoms with van der Waals surface area (Å²) in [6.07, 6.45) is -4.42. The Kier molecular flexibility index (Phi) is 11.3. The monoisotopic (exact) mass is 721 g/mol. The van der Waals surface area contributed by atoms with Crippen LogP contribution in [0.5, 0.6) is 0 Å². The van der Waals surface area contributed by atoms with E-state index in [9.17, 15) is 33.1 Å². The standard InChI is InChI=1S/C38H38F3N3O6S/c1-24-32(23-51-33-10-4-5-20-44(33)48)49-36(50-34(24)27-13-11-25(22-45)12-14-27)28-17-15-26(16-18-28)30-8-3-2-7-29(30)21-42-35(46)31-9-6-19-43(31)37(47)38(39,40)41/h2-5,7-8,10-18,20,24,31-32,34,36,45H,6,9,19,21-23H2,1H3,(H,42,46)/t24-,31-,32+,34+,36+/m0/s1. The molecule has 51 heavy (non-hydrogen) atoms. The lowest BCUT2D eigenvalue weighted by Gasteiger charge is -2.41. The van der Waals surface area contributed by atoms with E-state index in [4.69, 9.17) is 9.47 Å². The van der Waals surface area contributed by atoms with Gasteiger partial charge < -0.3 is 30.0 Å². The number of carbonyl (C=O) groups is 2. The number of thioether (sulfide) groups is 1. The molecule has 9 nitrogen and oxygen atoms in total. The summed E-state index contributed by atoms with van der Waals surface area (Å²) in [7, 11) is 0. The number of likely N-dealkylation sites (tertiary alicyclic amines) is 1. The first-order valence-electron chi connectivity index (χ1n) is 16.7. The summed E-state index contributed by atoms with van der Waals surface area (Å²) in [6.45, 7) is 1.94. The largest absolute Gasteiger partial charge is 0.618 e. The smallest absolute Gasteiger partial charge is 0.471 e. The molecule has 2 N–H and O–H groups in total. The molecule has 2 fully saturated rings. The van der Waals surface area contributed by atoms with Crippen molar-refractivity contribution in [2.45, 2.75) is 68.7 Å². The first kappa shape index (κ1) is 36.4. The molecular formula is C38H38F3N3O6S. The molecule has 0 saturated carbocycles. The Morgan fingerprint density at radius 2 is 1.69 bits per heavy atom. The van der Waals surface area contributed by atoms with Gasteiger partial charge in [0.2, 0.25) is 5.91 Å². The third-order valence-electron chi connectivity index (χ3n) is 9.33. The average molecular weight is 722 g/mol. The Morgan fingerprint density at radius 1 is 0.980 bits per heavy atom. The van der Waals surface area contributed by atoms with Crippen molar-refractivity contribution in [3.8, 4) is 11.1 Å². The van der Waals surface area contributed by atoms with E-state index in [0.717, 1.165) is 38.1 Å². The molecule has 3 aromatic carbocycles. The lowest BCUT2D eigenvalue weighted by molar-refractivity contribution is -0.645. The summed E-state index contributed by atoms with van der Waals surface area (Å²) in [4.78, 5) is 25.4. The summed E-state index contributed by atoms with van der Waals surface area (Å²) in [5.41, 5.74) is 4.93. The van der Waals surface area contributed by atoms with E-state index in [1.807, 2.05) is 78.9 Å². The summed E-state index contributed by atoms with van der Waals surface area (Å²) < 4.78 is 53.2. The molecule has 3 heterocycles. The normalized spacial score (nSPS) is 22.1. The lowest BCUT2D eigenvalue weighted by Crippen LogP contribution is -2.50. The Hall–Kier alpha value is -4.43. The Balaban J connectivity index is 1.18. The second-order valence-electron chi connectivity index (χ2n) is 12.6. The van der Waals surface area contributed by atoms with Crippen LogP contribution in [0.25, 0.3) is 11.1 Å². The SMILES string of the molecule is C[C@H]1[C@@H](CSc2cccc[n+]2[O-])O[C@@H](c2ccc(-c3ccccc3CNC(=O)[C@@H]3CCCN3C(=O)C(F)(F)F)cc2)O[C@H]1c1ccc(CO)cc1. The van der Waals surface area contributed by atoms with Gasteiger partial charge in [0, 0.05) is 42.5 Å². The van der Waals surface area contributed by atoms with Gasteiger partial charge in [0.05, 0.1) is 18.8 Å². The molecule has 0 aliphatic carbocycles. The minimum atomic E-state index is -5.04. The number of nitrogens with one attached hydrogen (secondary N) is 1. The highest BCUT2D eigenvalue weighted by atomic mass is 32.2. The van der Waals surface area contributed by atoms with E-state index in [1.54, 1.807) is 12.1 Å². The van der Waals surface area contributed by atoms with Crippen LogP contribution in [-0.2, 0) is 32.2 Å². The number of hydrogen-bond donors (Lipinski definition) is 2. The molecule has 5 atom stereocenters. The second-order valence-corrected chi connectivity index (χ2v) is 13.7.